The molecule has 0 unspecified atom stereocenters. The first-order valence-corrected chi connectivity index (χ1v) is 6.80. The highest BCUT2D eigenvalue weighted by Gasteiger charge is 2.09. The number of carbonyl (C=O) groups excluding carboxylic acids is 1. The summed E-state index contributed by atoms with van der Waals surface area (Å²) in [5.41, 5.74) is 6.71. The van der Waals surface area contributed by atoms with Gasteiger partial charge in [0.05, 0.1) is 0 Å². The molecule has 0 spiro atoms. The van der Waals surface area contributed by atoms with Crippen molar-refractivity contribution in [3.8, 4) is 0 Å². The molecule has 2 N–H and O–H groups in total. The first-order valence-electron chi connectivity index (χ1n) is 6.80. The molecule has 0 heterocycles. The molecule has 1 rings (SSSR count). The van der Waals surface area contributed by atoms with Gasteiger partial charge in [0.2, 0.25) is 5.91 Å². The van der Waals surface area contributed by atoms with Crippen LogP contribution in [0.3, 0.4) is 0 Å². The first-order chi connectivity index (χ1) is 9.13. The molecule has 0 saturated heterocycles. The van der Waals surface area contributed by atoms with E-state index >= 15 is 0 Å². The fourth-order valence-corrected chi connectivity index (χ4v) is 1.90. The third-order valence-electron chi connectivity index (χ3n) is 3.13. The van der Waals surface area contributed by atoms with Crippen LogP contribution in [0.5, 0.6) is 0 Å². The molecule has 0 radical (unpaired) electrons. The summed E-state index contributed by atoms with van der Waals surface area (Å²) in [6.07, 6.45) is 1.42. The Bertz CT molecular complexity index is 367. The number of hydrogen-bond acceptors (Lipinski definition) is 3. The van der Waals surface area contributed by atoms with E-state index in [1.165, 1.54) is 5.56 Å². The third kappa shape index (κ3) is 6.36. The van der Waals surface area contributed by atoms with E-state index in [1.807, 2.05) is 32.3 Å². The van der Waals surface area contributed by atoms with Gasteiger partial charge in [-0.2, -0.15) is 0 Å². The lowest BCUT2D eigenvalue weighted by Crippen LogP contribution is -2.32. The zero-order valence-corrected chi connectivity index (χ0v) is 12.0. The minimum atomic E-state index is 0.188. The Morgan fingerprint density at radius 2 is 1.84 bits per heavy atom. The van der Waals surface area contributed by atoms with Gasteiger partial charge in [-0.25, -0.2) is 0 Å². The highest BCUT2D eigenvalue weighted by Crippen LogP contribution is 2.03. The Hall–Kier alpha value is -1.39. The number of benzene rings is 1. The van der Waals surface area contributed by atoms with Crippen LogP contribution in [-0.2, 0) is 11.3 Å². The summed E-state index contributed by atoms with van der Waals surface area (Å²) in [6, 6.07) is 10.3. The van der Waals surface area contributed by atoms with Crippen molar-refractivity contribution in [1.82, 2.24) is 9.80 Å². The maximum Gasteiger partial charge on any atom is 0.223 e. The van der Waals surface area contributed by atoms with Gasteiger partial charge < -0.3 is 15.5 Å². The summed E-state index contributed by atoms with van der Waals surface area (Å²) in [5, 5.41) is 0. The Balaban J connectivity index is 2.26. The van der Waals surface area contributed by atoms with Crippen LogP contribution in [0.15, 0.2) is 30.3 Å². The van der Waals surface area contributed by atoms with Crippen LogP contribution in [0.1, 0.15) is 18.4 Å². The number of nitrogens with two attached hydrogens (primary N) is 1. The number of carbonyl (C=O) groups is 1. The minimum absolute atomic E-state index is 0.188. The van der Waals surface area contributed by atoms with Gasteiger partial charge in [-0.05, 0) is 25.6 Å². The molecule has 0 bridgehead atoms. The largest absolute Gasteiger partial charge is 0.346 e. The maximum absolute atomic E-state index is 11.9. The van der Waals surface area contributed by atoms with Crippen molar-refractivity contribution >= 4 is 5.91 Å². The predicted molar refractivity (Wildman–Crippen MR) is 78.7 cm³/mol. The van der Waals surface area contributed by atoms with Crippen LogP contribution in [0, 0.1) is 0 Å². The highest BCUT2D eigenvalue weighted by atomic mass is 16.2. The lowest BCUT2D eigenvalue weighted by atomic mass is 10.2. The van der Waals surface area contributed by atoms with Crippen molar-refractivity contribution in [1.29, 1.82) is 0 Å². The molecular formula is C15H25N3O. The first kappa shape index (κ1) is 15.7. The zero-order chi connectivity index (χ0) is 14.1. The second-order valence-corrected chi connectivity index (χ2v) is 4.93. The molecule has 106 valence electrons. The Labute approximate surface area is 116 Å². The van der Waals surface area contributed by atoms with Gasteiger partial charge in [0.1, 0.15) is 0 Å². The van der Waals surface area contributed by atoms with Gasteiger partial charge >= 0.3 is 0 Å². The second kappa shape index (κ2) is 8.67. The van der Waals surface area contributed by atoms with E-state index in [0.717, 1.165) is 26.1 Å². The topological polar surface area (TPSA) is 49.6 Å². The maximum atomic E-state index is 11.9. The molecule has 19 heavy (non-hydrogen) atoms. The molecule has 4 nitrogen and oxygen atoms in total. The second-order valence-electron chi connectivity index (χ2n) is 4.93. The molecule has 0 atom stereocenters. The average Bonchev–Trinajstić information content (AvgIpc) is 2.43. The Morgan fingerprint density at radius 1 is 1.16 bits per heavy atom. The molecular weight excluding hydrogens is 238 g/mol. The van der Waals surface area contributed by atoms with Crippen molar-refractivity contribution in [3.63, 3.8) is 0 Å². The lowest BCUT2D eigenvalue weighted by Gasteiger charge is -2.20. The van der Waals surface area contributed by atoms with Crippen LogP contribution in [0.2, 0.25) is 0 Å². The molecule has 0 aliphatic rings. The van der Waals surface area contributed by atoms with E-state index in [9.17, 15) is 4.79 Å². The van der Waals surface area contributed by atoms with E-state index in [4.69, 9.17) is 5.73 Å². The molecule has 0 aromatic heterocycles. The van der Waals surface area contributed by atoms with Crippen LogP contribution >= 0.6 is 0 Å². The van der Waals surface area contributed by atoms with E-state index in [2.05, 4.69) is 17.0 Å². The molecule has 0 saturated carbocycles. The van der Waals surface area contributed by atoms with E-state index < -0.39 is 0 Å². The molecule has 1 aromatic rings. The normalized spacial score (nSPS) is 10.7. The van der Waals surface area contributed by atoms with Gasteiger partial charge in [-0.1, -0.05) is 30.3 Å². The highest BCUT2D eigenvalue weighted by molar-refractivity contribution is 5.76. The molecule has 1 amide bonds. The predicted octanol–water partition coefficient (Wildman–Crippen LogP) is 1.32. The van der Waals surface area contributed by atoms with Crippen molar-refractivity contribution in [2.75, 3.05) is 33.7 Å². The summed E-state index contributed by atoms with van der Waals surface area (Å²) < 4.78 is 0. The van der Waals surface area contributed by atoms with Gasteiger partial charge in [-0.3, -0.25) is 4.79 Å². The van der Waals surface area contributed by atoms with Crippen LogP contribution < -0.4 is 5.73 Å². The molecule has 1 aromatic carbocycles. The van der Waals surface area contributed by atoms with Gasteiger partial charge in [0.25, 0.3) is 0 Å². The van der Waals surface area contributed by atoms with Crippen molar-refractivity contribution in [2.24, 2.45) is 5.73 Å². The third-order valence-corrected chi connectivity index (χ3v) is 3.13. The lowest BCUT2D eigenvalue weighted by molar-refractivity contribution is -0.130. The van der Waals surface area contributed by atoms with Gasteiger partial charge in [-0.15, -0.1) is 0 Å². The fraction of sp³-hybridized carbons (Fsp3) is 0.533. The molecule has 4 heteroatoms. The zero-order valence-electron chi connectivity index (χ0n) is 12.0. The van der Waals surface area contributed by atoms with E-state index in [1.54, 1.807) is 4.90 Å². The van der Waals surface area contributed by atoms with E-state index in [-0.39, 0.29) is 5.91 Å². The standard InChI is InChI=1S/C15H25N3O/c1-17(13-14-7-4-3-5-8-14)12-9-15(19)18(2)11-6-10-16/h3-5,7-8H,6,9-13,16H2,1-2H3. The summed E-state index contributed by atoms with van der Waals surface area (Å²) in [5.74, 6) is 0.188. The Kier molecular flexibility index (Phi) is 7.15. The van der Waals surface area contributed by atoms with Gasteiger partial charge in [0, 0.05) is 33.1 Å². The monoisotopic (exact) mass is 263 g/mol. The minimum Gasteiger partial charge on any atom is -0.346 e. The summed E-state index contributed by atoms with van der Waals surface area (Å²) >= 11 is 0. The fourth-order valence-electron chi connectivity index (χ4n) is 1.90. The summed E-state index contributed by atoms with van der Waals surface area (Å²) in [7, 11) is 3.88. The van der Waals surface area contributed by atoms with Crippen molar-refractivity contribution < 1.29 is 4.79 Å². The van der Waals surface area contributed by atoms with Crippen LogP contribution in [0.4, 0.5) is 0 Å². The van der Waals surface area contributed by atoms with Crippen LogP contribution in [0.25, 0.3) is 0 Å². The molecule has 0 aliphatic heterocycles. The number of nitrogens with zero attached hydrogens (tertiary/aromatic N) is 2. The van der Waals surface area contributed by atoms with E-state index in [0.29, 0.717) is 13.0 Å². The number of rotatable bonds is 8. The summed E-state index contributed by atoms with van der Waals surface area (Å²) in [6.45, 7) is 3.03. The quantitative estimate of drug-likeness (QED) is 0.769. The Morgan fingerprint density at radius 3 is 2.47 bits per heavy atom. The smallest absolute Gasteiger partial charge is 0.223 e. The number of amides is 1. The van der Waals surface area contributed by atoms with Gasteiger partial charge in [0.15, 0.2) is 0 Å². The SMILES string of the molecule is CN(CCC(=O)N(C)CCCN)Cc1ccccc1. The average molecular weight is 263 g/mol. The number of hydrogen-bond donors (Lipinski definition) is 1. The van der Waals surface area contributed by atoms with Crippen molar-refractivity contribution in [3.05, 3.63) is 35.9 Å². The van der Waals surface area contributed by atoms with Crippen LogP contribution in [-0.4, -0.2) is 49.4 Å². The molecule has 0 fully saturated rings. The van der Waals surface area contributed by atoms with Crippen molar-refractivity contribution in [2.45, 2.75) is 19.4 Å². The molecule has 0 aliphatic carbocycles. The summed E-state index contributed by atoms with van der Waals surface area (Å²) in [4.78, 5) is 15.8.